The number of benzene rings is 2. The quantitative estimate of drug-likeness (QED) is 0.386. The predicted octanol–water partition coefficient (Wildman–Crippen LogP) is 7.13. The van der Waals surface area contributed by atoms with Crippen molar-refractivity contribution in [3.05, 3.63) is 70.8 Å². The highest BCUT2D eigenvalue weighted by Crippen LogP contribution is 2.15. The lowest BCUT2D eigenvalue weighted by atomic mass is 9.99. The molecule has 24 heavy (non-hydrogen) atoms. The third-order valence-corrected chi connectivity index (χ3v) is 4.84. The van der Waals surface area contributed by atoms with Crippen molar-refractivity contribution >= 4 is 0 Å². The minimum Gasteiger partial charge on any atom is -0.0654 e. The Hall–Kier alpha value is -1.56. The van der Waals surface area contributed by atoms with Gasteiger partial charge in [-0.1, -0.05) is 94.5 Å². The van der Waals surface area contributed by atoms with E-state index < -0.39 is 0 Å². The summed E-state index contributed by atoms with van der Waals surface area (Å²) in [6.07, 6.45) is 12.8. The maximum atomic E-state index is 2.32. The number of rotatable bonds is 11. The van der Waals surface area contributed by atoms with Gasteiger partial charge in [-0.05, 0) is 54.4 Å². The molecule has 0 aromatic heterocycles. The Balaban J connectivity index is 1.80. The van der Waals surface area contributed by atoms with E-state index in [1.54, 1.807) is 0 Å². The Morgan fingerprint density at radius 3 is 1.29 bits per heavy atom. The van der Waals surface area contributed by atoms with Crippen LogP contribution in [0.4, 0.5) is 0 Å². The highest BCUT2D eigenvalue weighted by atomic mass is 14.0. The van der Waals surface area contributed by atoms with Crippen LogP contribution in [0.2, 0.25) is 0 Å². The smallest absolute Gasteiger partial charge is 0.00258 e. The molecule has 2 rings (SSSR count). The number of hydrogen-bond donors (Lipinski definition) is 0. The molecule has 0 N–H and O–H groups in total. The molecule has 0 saturated carbocycles. The van der Waals surface area contributed by atoms with Crippen LogP contribution >= 0.6 is 0 Å². The predicted molar refractivity (Wildman–Crippen MR) is 107 cm³/mol. The van der Waals surface area contributed by atoms with E-state index >= 15 is 0 Å². The molecule has 0 unspecified atom stereocenters. The standard InChI is InChI=1S/C24H34/c1-3-5-7-9-11-22-14-18-24(19-15-22)20-23-16-12-21(13-17-23)10-8-6-4-2/h12-19H,3-11,20H2,1-2H3. The molecule has 0 atom stereocenters. The molecule has 0 nitrogen and oxygen atoms in total. The van der Waals surface area contributed by atoms with Crippen molar-refractivity contribution in [2.75, 3.05) is 0 Å². The SMILES string of the molecule is CCCCCCc1ccc(Cc2ccc(CCCCC)cc2)cc1. The normalized spacial score (nSPS) is 10.9. The van der Waals surface area contributed by atoms with E-state index in [9.17, 15) is 0 Å². The van der Waals surface area contributed by atoms with Gasteiger partial charge in [0.05, 0.1) is 0 Å². The molecule has 2 aromatic rings. The van der Waals surface area contributed by atoms with Gasteiger partial charge in [0.15, 0.2) is 0 Å². The first-order chi connectivity index (χ1) is 11.8. The van der Waals surface area contributed by atoms with Crippen molar-refractivity contribution in [2.24, 2.45) is 0 Å². The zero-order chi connectivity index (χ0) is 17.0. The second-order valence-corrected chi connectivity index (χ2v) is 7.08. The van der Waals surface area contributed by atoms with Gasteiger partial charge in [-0.2, -0.15) is 0 Å². The summed E-state index contributed by atoms with van der Waals surface area (Å²) in [5, 5.41) is 0. The molecule has 0 amide bonds. The molecule has 0 heteroatoms. The van der Waals surface area contributed by atoms with Crippen LogP contribution in [-0.4, -0.2) is 0 Å². The van der Waals surface area contributed by atoms with E-state index in [0.717, 1.165) is 6.42 Å². The maximum Gasteiger partial charge on any atom is -0.00258 e. The first-order valence-corrected chi connectivity index (χ1v) is 9.97. The zero-order valence-electron chi connectivity index (χ0n) is 15.7. The van der Waals surface area contributed by atoms with Crippen molar-refractivity contribution in [3.63, 3.8) is 0 Å². The van der Waals surface area contributed by atoms with Gasteiger partial charge < -0.3 is 0 Å². The Morgan fingerprint density at radius 2 is 0.833 bits per heavy atom. The summed E-state index contributed by atoms with van der Waals surface area (Å²) >= 11 is 0. The van der Waals surface area contributed by atoms with Crippen molar-refractivity contribution in [1.29, 1.82) is 0 Å². The van der Waals surface area contributed by atoms with Crippen LogP contribution in [0.3, 0.4) is 0 Å². The molecule has 0 fully saturated rings. The first-order valence-electron chi connectivity index (χ1n) is 9.97. The van der Waals surface area contributed by atoms with Gasteiger partial charge in [0, 0.05) is 0 Å². The van der Waals surface area contributed by atoms with Crippen molar-refractivity contribution in [1.82, 2.24) is 0 Å². The summed E-state index contributed by atoms with van der Waals surface area (Å²) in [5.74, 6) is 0. The molecule has 2 aromatic carbocycles. The Labute approximate surface area is 149 Å². The Kier molecular flexibility index (Phi) is 8.66. The number of unbranched alkanes of at least 4 members (excludes halogenated alkanes) is 5. The summed E-state index contributed by atoms with van der Waals surface area (Å²) in [6, 6.07) is 18.5. The van der Waals surface area contributed by atoms with Gasteiger partial charge in [0.2, 0.25) is 0 Å². The van der Waals surface area contributed by atoms with E-state index in [1.165, 1.54) is 80.0 Å². The number of aryl methyl sites for hydroxylation is 2. The molecule has 0 heterocycles. The third kappa shape index (κ3) is 6.91. The first kappa shape index (κ1) is 18.8. The molecule has 0 radical (unpaired) electrons. The molecule has 130 valence electrons. The highest BCUT2D eigenvalue weighted by Gasteiger charge is 1.99. The van der Waals surface area contributed by atoms with Gasteiger partial charge in [-0.15, -0.1) is 0 Å². The van der Waals surface area contributed by atoms with Gasteiger partial charge in [-0.3, -0.25) is 0 Å². The van der Waals surface area contributed by atoms with Crippen LogP contribution in [0.5, 0.6) is 0 Å². The van der Waals surface area contributed by atoms with Crippen LogP contribution in [-0.2, 0) is 19.3 Å². The fourth-order valence-corrected chi connectivity index (χ4v) is 3.22. The van der Waals surface area contributed by atoms with Gasteiger partial charge >= 0.3 is 0 Å². The van der Waals surface area contributed by atoms with E-state index in [1.807, 2.05) is 0 Å². The average molecular weight is 323 g/mol. The van der Waals surface area contributed by atoms with Gasteiger partial charge in [-0.25, -0.2) is 0 Å². The van der Waals surface area contributed by atoms with Crippen molar-refractivity contribution in [3.8, 4) is 0 Å². The fourth-order valence-electron chi connectivity index (χ4n) is 3.22. The highest BCUT2D eigenvalue weighted by molar-refractivity contribution is 5.30. The lowest BCUT2D eigenvalue weighted by Crippen LogP contribution is -1.92. The topological polar surface area (TPSA) is 0 Å². The summed E-state index contributed by atoms with van der Waals surface area (Å²) < 4.78 is 0. The van der Waals surface area contributed by atoms with Gasteiger partial charge in [0.1, 0.15) is 0 Å². The Morgan fingerprint density at radius 1 is 0.458 bits per heavy atom. The summed E-state index contributed by atoms with van der Waals surface area (Å²) in [7, 11) is 0. The second kappa shape index (κ2) is 11.1. The lowest BCUT2D eigenvalue weighted by molar-refractivity contribution is 0.667. The van der Waals surface area contributed by atoms with E-state index in [2.05, 4.69) is 62.4 Å². The van der Waals surface area contributed by atoms with Crippen molar-refractivity contribution in [2.45, 2.75) is 78.1 Å². The minimum atomic E-state index is 1.05. The Bertz CT molecular complexity index is 548. The van der Waals surface area contributed by atoms with Crippen LogP contribution in [0.25, 0.3) is 0 Å². The molecule has 0 spiro atoms. The van der Waals surface area contributed by atoms with Crippen LogP contribution < -0.4 is 0 Å². The summed E-state index contributed by atoms with van der Waals surface area (Å²) in [6.45, 7) is 4.53. The molecule has 0 aliphatic heterocycles. The van der Waals surface area contributed by atoms with Gasteiger partial charge in [0.25, 0.3) is 0 Å². The van der Waals surface area contributed by atoms with Crippen molar-refractivity contribution < 1.29 is 0 Å². The molecular formula is C24H34. The molecule has 0 saturated heterocycles. The average Bonchev–Trinajstić information content (AvgIpc) is 2.62. The molecular weight excluding hydrogens is 288 g/mol. The second-order valence-electron chi connectivity index (χ2n) is 7.08. The fraction of sp³-hybridized carbons (Fsp3) is 0.500. The molecule has 0 aliphatic carbocycles. The van der Waals surface area contributed by atoms with E-state index in [4.69, 9.17) is 0 Å². The molecule has 0 aliphatic rings. The lowest BCUT2D eigenvalue weighted by Gasteiger charge is -2.06. The van der Waals surface area contributed by atoms with Crippen LogP contribution in [0.15, 0.2) is 48.5 Å². The molecule has 0 bridgehead atoms. The summed E-state index contributed by atoms with van der Waals surface area (Å²) in [5.41, 5.74) is 5.81. The van der Waals surface area contributed by atoms with E-state index in [-0.39, 0.29) is 0 Å². The number of hydrogen-bond acceptors (Lipinski definition) is 0. The van der Waals surface area contributed by atoms with E-state index in [0.29, 0.717) is 0 Å². The third-order valence-electron chi connectivity index (χ3n) is 4.84. The van der Waals surface area contributed by atoms with Crippen LogP contribution in [0, 0.1) is 0 Å². The zero-order valence-corrected chi connectivity index (χ0v) is 15.7. The largest absolute Gasteiger partial charge is 0.0654 e. The maximum absolute atomic E-state index is 2.32. The minimum absolute atomic E-state index is 1.05. The monoisotopic (exact) mass is 322 g/mol. The summed E-state index contributed by atoms with van der Waals surface area (Å²) in [4.78, 5) is 0. The van der Waals surface area contributed by atoms with Crippen LogP contribution in [0.1, 0.15) is 81.0 Å².